The van der Waals surface area contributed by atoms with Gasteiger partial charge in [0.05, 0.1) is 12.2 Å². The van der Waals surface area contributed by atoms with Crippen LogP contribution in [0.4, 0.5) is 10.1 Å². The lowest BCUT2D eigenvalue weighted by molar-refractivity contribution is 0.621. The van der Waals surface area contributed by atoms with Crippen LogP contribution in [0.5, 0.6) is 0 Å². The van der Waals surface area contributed by atoms with Gasteiger partial charge in [-0.15, -0.1) is 0 Å². The summed E-state index contributed by atoms with van der Waals surface area (Å²) in [5.41, 5.74) is 1.31. The first kappa shape index (κ1) is 12.8. The van der Waals surface area contributed by atoms with Crippen LogP contribution in [0.3, 0.4) is 0 Å². The van der Waals surface area contributed by atoms with Crippen molar-refractivity contribution in [2.75, 3.05) is 11.9 Å². The maximum Gasteiger partial charge on any atom is 0.149 e. The fourth-order valence-corrected chi connectivity index (χ4v) is 1.97. The summed E-state index contributed by atoms with van der Waals surface area (Å²) < 4.78 is 13.6. The molecule has 0 amide bonds. The van der Waals surface area contributed by atoms with Gasteiger partial charge in [-0.25, -0.2) is 14.4 Å². The highest BCUT2D eigenvalue weighted by molar-refractivity contribution is 6.29. The van der Waals surface area contributed by atoms with Crippen LogP contribution in [-0.2, 0) is 6.54 Å². The van der Waals surface area contributed by atoms with Gasteiger partial charge in [-0.2, -0.15) is 0 Å². The largest absolute Gasteiger partial charge is 0.365 e. The fraction of sp³-hybridized carbons (Fsp3) is 0.231. The summed E-state index contributed by atoms with van der Waals surface area (Å²) in [6.07, 6.45) is 0. The Labute approximate surface area is 110 Å². The molecule has 1 aromatic carbocycles. The molecule has 5 heteroatoms. The van der Waals surface area contributed by atoms with Gasteiger partial charge in [0.1, 0.15) is 16.8 Å². The highest BCUT2D eigenvalue weighted by Crippen LogP contribution is 2.18. The third-order valence-electron chi connectivity index (χ3n) is 2.51. The lowest BCUT2D eigenvalue weighted by Gasteiger charge is -2.19. The number of rotatable bonds is 3. The van der Waals surface area contributed by atoms with E-state index in [1.54, 1.807) is 36.2 Å². The van der Waals surface area contributed by atoms with Crippen LogP contribution in [0.1, 0.15) is 11.5 Å². The van der Waals surface area contributed by atoms with Crippen molar-refractivity contribution >= 4 is 17.3 Å². The Morgan fingerprint density at radius 1 is 1.28 bits per heavy atom. The van der Waals surface area contributed by atoms with Gasteiger partial charge in [-0.3, -0.25) is 0 Å². The molecular formula is C13H13ClFN3. The van der Waals surface area contributed by atoms with Crippen LogP contribution < -0.4 is 4.90 Å². The van der Waals surface area contributed by atoms with Gasteiger partial charge < -0.3 is 4.90 Å². The smallest absolute Gasteiger partial charge is 0.149 e. The highest BCUT2D eigenvalue weighted by atomic mass is 35.5. The van der Waals surface area contributed by atoms with Gasteiger partial charge in [-0.1, -0.05) is 23.7 Å². The third-order valence-corrected chi connectivity index (χ3v) is 2.71. The van der Waals surface area contributed by atoms with Crippen molar-refractivity contribution in [3.05, 3.63) is 52.8 Å². The normalized spacial score (nSPS) is 10.4. The molecule has 0 bridgehead atoms. The molecule has 0 aliphatic carbocycles. The van der Waals surface area contributed by atoms with E-state index in [1.807, 2.05) is 6.92 Å². The Kier molecular flexibility index (Phi) is 3.77. The topological polar surface area (TPSA) is 29.0 Å². The maximum absolute atomic E-state index is 13.6. The van der Waals surface area contributed by atoms with Crippen molar-refractivity contribution in [3.8, 4) is 0 Å². The molecule has 0 unspecified atom stereocenters. The zero-order chi connectivity index (χ0) is 13.1. The van der Waals surface area contributed by atoms with Crippen molar-refractivity contribution in [2.24, 2.45) is 0 Å². The molecule has 0 aliphatic rings. The third kappa shape index (κ3) is 2.96. The zero-order valence-electron chi connectivity index (χ0n) is 10.2. The fourth-order valence-electron chi connectivity index (χ4n) is 1.72. The van der Waals surface area contributed by atoms with Gasteiger partial charge in [0.25, 0.3) is 0 Å². The minimum Gasteiger partial charge on any atom is -0.365 e. The summed E-state index contributed by atoms with van der Waals surface area (Å²) in [4.78, 5) is 10.1. The second-order valence-corrected chi connectivity index (χ2v) is 4.44. The number of halogens is 2. The second-order valence-electron chi connectivity index (χ2n) is 4.06. The van der Waals surface area contributed by atoms with E-state index in [2.05, 4.69) is 9.97 Å². The molecule has 0 aliphatic heterocycles. The van der Waals surface area contributed by atoms with Crippen LogP contribution in [0.25, 0.3) is 0 Å². The number of para-hydroxylation sites is 1. The van der Waals surface area contributed by atoms with Crippen LogP contribution >= 0.6 is 11.6 Å². The summed E-state index contributed by atoms with van der Waals surface area (Å²) >= 11 is 5.87. The van der Waals surface area contributed by atoms with Gasteiger partial charge >= 0.3 is 0 Å². The number of benzene rings is 1. The minimum absolute atomic E-state index is 0.265. The number of aromatic nitrogens is 2. The zero-order valence-corrected chi connectivity index (χ0v) is 10.9. The molecule has 0 N–H and O–H groups in total. The Balaban J connectivity index is 2.21. The van der Waals surface area contributed by atoms with Gasteiger partial charge in [0.15, 0.2) is 0 Å². The summed E-state index contributed by atoms with van der Waals surface area (Å²) in [5, 5.41) is 0.402. The molecule has 2 aromatic rings. The van der Waals surface area contributed by atoms with Crippen molar-refractivity contribution < 1.29 is 4.39 Å². The van der Waals surface area contributed by atoms with E-state index in [9.17, 15) is 4.39 Å². The first-order valence-corrected chi connectivity index (χ1v) is 5.90. The van der Waals surface area contributed by atoms with E-state index in [0.29, 0.717) is 23.2 Å². The maximum atomic E-state index is 13.6. The first-order valence-electron chi connectivity index (χ1n) is 5.52. The van der Waals surface area contributed by atoms with Crippen LogP contribution in [0.2, 0.25) is 5.15 Å². The van der Waals surface area contributed by atoms with E-state index in [4.69, 9.17) is 11.6 Å². The first-order chi connectivity index (χ1) is 8.56. The van der Waals surface area contributed by atoms with Crippen LogP contribution in [0, 0.1) is 12.7 Å². The Bertz CT molecular complexity index is 539. The lowest BCUT2D eigenvalue weighted by atomic mass is 10.3. The van der Waals surface area contributed by atoms with Gasteiger partial charge in [0.2, 0.25) is 0 Å². The summed E-state index contributed by atoms with van der Waals surface area (Å²) in [6.45, 7) is 2.25. The lowest BCUT2D eigenvalue weighted by Crippen LogP contribution is -2.19. The molecule has 1 heterocycles. The second kappa shape index (κ2) is 5.31. The minimum atomic E-state index is -0.265. The average molecular weight is 266 g/mol. The summed E-state index contributed by atoms with van der Waals surface area (Å²) in [6, 6.07) is 8.28. The number of aryl methyl sites for hydroxylation is 1. The monoisotopic (exact) mass is 265 g/mol. The molecular weight excluding hydrogens is 253 g/mol. The predicted molar refractivity (Wildman–Crippen MR) is 70.3 cm³/mol. The number of hydrogen-bond acceptors (Lipinski definition) is 3. The molecule has 2 rings (SSSR count). The van der Waals surface area contributed by atoms with Crippen molar-refractivity contribution in [1.29, 1.82) is 0 Å². The summed E-state index contributed by atoms with van der Waals surface area (Å²) in [7, 11) is 1.79. The van der Waals surface area contributed by atoms with E-state index in [-0.39, 0.29) is 5.82 Å². The summed E-state index contributed by atoms with van der Waals surface area (Å²) in [5.74, 6) is 0.310. The standard InChI is InChI=1S/C13H13ClFN3/c1-9-7-12(14)17-13(16-9)8-18(2)11-6-4-3-5-10(11)15/h3-7H,8H2,1-2H3. The molecule has 3 nitrogen and oxygen atoms in total. The molecule has 0 atom stereocenters. The van der Waals surface area contributed by atoms with E-state index in [0.717, 1.165) is 5.69 Å². The van der Waals surface area contributed by atoms with Crippen LogP contribution in [-0.4, -0.2) is 17.0 Å². The van der Waals surface area contributed by atoms with Crippen molar-refractivity contribution in [3.63, 3.8) is 0 Å². The predicted octanol–water partition coefficient (Wildman–Crippen LogP) is 3.21. The number of nitrogens with zero attached hydrogens (tertiary/aromatic N) is 3. The highest BCUT2D eigenvalue weighted by Gasteiger charge is 2.09. The van der Waals surface area contributed by atoms with Crippen molar-refractivity contribution in [1.82, 2.24) is 9.97 Å². The average Bonchev–Trinajstić information content (AvgIpc) is 2.27. The molecule has 0 radical (unpaired) electrons. The van der Waals surface area contributed by atoms with Gasteiger partial charge in [0, 0.05) is 12.7 Å². The molecule has 1 aromatic heterocycles. The molecule has 0 saturated carbocycles. The molecule has 0 spiro atoms. The number of hydrogen-bond donors (Lipinski definition) is 0. The molecule has 18 heavy (non-hydrogen) atoms. The molecule has 94 valence electrons. The Morgan fingerprint density at radius 2 is 2.00 bits per heavy atom. The van der Waals surface area contributed by atoms with E-state index < -0.39 is 0 Å². The van der Waals surface area contributed by atoms with Crippen LogP contribution in [0.15, 0.2) is 30.3 Å². The SMILES string of the molecule is Cc1cc(Cl)nc(CN(C)c2ccccc2F)n1. The number of anilines is 1. The van der Waals surface area contributed by atoms with E-state index in [1.165, 1.54) is 6.07 Å². The van der Waals surface area contributed by atoms with Gasteiger partial charge in [-0.05, 0) is 25.1 Å². The molecule has 0 saturated heterocycles. The van der Waals surface area contributed by atoms with Crippen molar-refractivity contribution in [2.45, 2.75) is 13.5 Å². The quantitative estimate of drug-likeness (QED) is 0.798. The Hall–Kier alpha value is -1.68. The molecule has 0 fully saturated rings. The van der Waals surface area contributed by atoms with E-state index >= 15 is 0 Å². The Morgan fingerprint density at radius 3 is 2.67 bits per heavy atom.